The first-order valence-corrected chi connectivity index (χ1v) is 5.88. The topological polar surface area (TPSA) is 30.0 Å². The van der Waals surface area contributed by atoms with Crippen molar-refractivity contribution in [1.82, 2.24) is 4.98 Å². The van der Waals surface area contributed by atoms with Crippen LogP contribution in [0.3, 0.4) is 0 Å². The van der Waals surface area contributed by atoms with E-state index in [-0.39, 0.29) is 0 Å². The van der Waals surface area contributed by atoms with Crippen molar-refractivity contribution >= 4 is 17.1 Å². The number of Topliss-reactive ketones (excluding diaryl/α,β-unsaturated/α-hetero) is 1. The van der Waals surface area contributed by atoms with Gasteiger partial charge in [-0.15, -0.1) is 11.3 Å². The molecule has 78 valence electrons. The number of hydrogen-bond acceptors (Lipinski definition) is 3. The van der Waals surface area contributed by atoms with E-state index in [0.29, 0.717) is 24.5 Å². The van der Waals surface area contributed by atoms with Crippen LogP contribution in [0.5, 0.6) is 0 Å². The number of rotatable bonds is 5. The summed E-state index contributed by atoms with van der Waals surface area (Å²) in [6.45, 7) is 6.24. The Morgan fingerprint density at radius 1 is 1.57 bits per heavy atom. The molecule has 1 aromatic rings. The molecule has 0 bridgehead atoms. The van der Waals surface area contributed by atoms with Gasteiger partial charge in [-0.25, -0.2) is 4.98 Å². The molecule has 0 aromatic carbocycles. The first kappa shape index (κ1) is 11.4. The van der Waals surface area contributed by atoms with Crippen LogP contribution in [0.4, 0.5) is 0 Å². The van der Waals surface area contributed by atoms with Gasteiger partial charge in [0.1, 0.15) is 5.78 Å². The third-order valence-electron chi connectivity index (χ3n) is 2.05. The third kappa shape index (κ3) is 4.01. The predicted molar refractivity (Wildman–Crippen MR) is 59.6 cm³/mol. The highest BCUT2D eigenvalue weighted by atomic mass is 32.1. The molecule has 14 heavy (non-hydrogen) atoms. The molecule has 0 fully saturated rings. The van der Waals surface area contributed by atoms with Crippen LogP contribution >= 0.6 is 11.3 Å². The van der Waals surface area contributed by atoms with E-state index in [1.54, 1.807) is 11.3 Å². The fraction of sp³-hybridized carbons (Fsp3) is 0.636. The molecule has 0 aliphatic carbocycles. The van der Waals surface area contributed by atoms with Crippen LogP contribution in [0.2, 0.25) is 0 Å². The van der Waals surface area contributed by atoms with Crippen molar-refractivity contribution in [2.45, 2.75) is 40.0 Å². The standard InChI is InChI=1S/C11H17NOS/c1-8(2)4-5-11(13)6-10-7-14-9(3)12-10/h7-8H,4-6H2,1-3H3. The van der Waals surface area contributed by atoms with E-state index in [9.17, 15) is 4.79 Å². The van der Waals surface area contributed by atoms with Crippen LogP contribution in [-0.4, -0.2) is 10.8 Å². The second-order valence-electron chi connectivity index (χ2n) is 4.01. The summed E-state index contributed by atoms with van der Waals surface area (Å²) in [4.78, 5) is 15.8. The van der Waals surface area contributed by atoms with Crippen molar-refractivity contribution in [2.24, 2.45) is 5.92 Å². The highest BCUT2D eigenvalue weighted by Crippen LogP contribution is 2.11. The fourth-order valence-corrected chi connectivity index (χ4v) is 1.84. The summed E-state index contributed by atoms with van der Waals surface area (Å²) in [6.07, 6.45) is 2.19. The van der Waals surface area contributed by atoms with Gasteiger partial charge in [-0.3, -0.25) is 4.79 Å². The normalized spacial score (nSPS) is 10.9. The second kappa shape index (κ2) is 5.25. The van der Waals surface area contributed by atoms with Gasteiger partial charge < -0.3 is 0 Å². The van der Waals surface area contributed by atoms with Crippen LogP contribution in [-0.2, 0) is 11.2 Å². The number of nitrogens with zero attached hydrogens (tertiary/aromatic N) is 1. The molecule has 0 saturated heterocycles. The SMILES string of the molecule is Cc1nc(CC(=O)CCC(C)C)cs1. The zero-order chi connectivity index (χ0) is 10.6. The Balaban J connectivity index is 2.34. The number of carbonyl (C=O) groups is 1. The maximum atomic E-state index is 11.5. The molecule has 0 saturated carbocycles. The Labute approximate surface area is 89.4 Å². The van der Waals surface area contributed by atoms with Crippen LogP contribution in [0.25, 0.3) is 0 Å². The van der Waals surface area contributed by atoms with Crippen molar-refractivity contribution in [3.63, 3.8) is 0 Å². The molecule has 0 atom stereocenters. The predicted octanol–water partition coefficient (Wildman–Crippen LogP) is 3.00. The molecule has 0 aliphatic heterocycles. The van der Waals surface area contributed by atoms with Gasteiger partial charge in [0.2, 0.25) is 0 Å². The maximum absolute atomic E-state index is 11.5. The van der Waals surface area contributed by atoms with Crippen LogP contribution in [0.1, 0.15) is 37.4 Å². The molecule has 3 heteroatoms. The molecule has 0 aliphatic rings. The molecule has 0 N–H and O–H groups in total. The van der Waals surface area contributed by atoms with E-state index in [4.69, 9.17) is 0 Å². The molecule has 1 aromatic heterocycles. The summed E-state index contributed by atoms with van der Waals surface area (Å²) in [7, 11) is 0. The van der Waals surface area contributed by atoms with Crippen LogP contribution in [0, 0.1) is 12.8 Å². The lowest BCUT2D eigenvalue weighted by molar-refractivity contribution is -0.118. The number of carbonyl (C=O) groups excluding carboxylic acids is 1. The van der Waals surface area contributed by atoms with Gasteiger partial charge in [0.25, 0.3) is 0 Å². The smallest absolute Gasteiger partial charge is 0.138 e. The molecule has 2 nitrogen and oxygen atoms in total. The average Bonchev–Trinajstić information content (AvgIpc) is 2.48. The van der Waals surface area contributed by atoms with Crippen molar-refractivity contribution in [2.75, 3.05) is 0 Å². The van der Waals surface area contributed by atoms with Crippen molar-refractivity contribution in [3.05, 3.63) is 16.1 Å². The summed E-state index contributed by atoms with van der Waals surface area (Å²) in [5.74, 6) is 0.917. The van der Waals surface area contributed by atoms with E-state index < -0.39 is 0 Å². The van der Waals surface area contributed by atoms with Gasteiger partial charge in [0.05, 0.1) is 10.7 Å². The van der Waals surface area contributed by atoms with Gasteiger partial charge in [-0.2, -0.15) is 0 Å². The van der Waals surface area contributed by atoms with Crippen molar-refractivity contribution in [3.8, 4) is 0 Å². The van der Waals surface area contributed by atoms with Gasteiger partial charge in [0.15, 0.2) is 0 Å². The number of aryl methyl sites for hydroxylation is 1. The largest absolute Gasteiger partial charge is 0.299 e. The minimum absolute atomic E-state index is 0.309. The maximum Gasteiger partial charge on any atom is 0.138 e. The molecular formula is C11H17NOS. The van der Waals surface area contributed by atoms with E-state index in [2.05, 4.69) is 18.8 Å². The average molecular weight is 211 g/mol. The zero-order valence-corrected chi connectivity index (χ0v) is 9.86. The van der Waals surface area contributed by atoms with E-state index in [1.165, 1.54) is 0 Å². The summed E-state index contributed by atoms with van der Waals surface area (Å²) < 4.78 is 0. The monoisotopic (exact) mass is 211 g/mol. The third-order valence-corrected chi connectivity index (χ3v) is 2.87. The number of ketones is 1. The van der Waals surface area contributed by atoms with Crippen molar-refractivity contribution < 1.29 is 4.79 Å². The van der Waals surface area contributed by atoms with Crippen LogP contribution < -0.4 is 0 Å². The fourth-order valence-electron chi connectivity index (χ4n) is 1.23. The molecule has 1 heterocycles. The van der Waals surface area contributed by atoms with Gasteiger partial charge in [-0.1, -0.05) is 13.8 Å². The summed E-state index contributed by atoms with van der Waals surface area (Å²) >= 11 is 1.61. The summed E-state index contributed by atoms with van der Waals surface area (Å²) in [5, 5.41) is 3.01. The van der Waals surface area contributed by atoms with Gasteiger partial charge in [0, 0.05) is 18.2 Å². The first-order chi connectivity index (χ1) is 6.58. The molecule has 0 amide bonds. The Bertz CT molecular complexity index is 304. The first-order valence-electron chi connectivity index (χ1n) is 5.00. The zero-order valence-electron chi connectivity index (χ0n) is 9.04. The van der Waals surface area contributed by atoms with Gasteiger partial charge >= 0.3 is 0 Å². The Hall–Kier alpha value is -0.700. The molecule has 1 rings (SSSR count). The quantitative estimate of drug-likeness (QED) is 0.749. The Morgan fingerprint density at radius 2 is 2.29 bits per heavy atom. The number of aromatic nitrogens is 1. The van der Waals surface area contributed by atoms with E-state index in [0.717, 1.165) is 17.1 Å². The summed E-state index contributed by atoms with van der Waals surface area (Å²) in [6, 6.07) is 0. The Morgan fingerprint density at radius 3 is 2.79 bits per heavy atom. The number of thiazole rings is 1. The molecule has 0 unspecified atom stereocenters. The molecule has 0 radical (unpaired) electrons. The lowest BCUT2D eigenvalue weighted by Crippen LogP contribution is -2.04. The minimum atomic E-state index is 0.309. The van der Waals surface area contributed by atoms with E-state index >= 15 is 0 Å². The summed E-state index contributed by atoms with van der Waals surface area (Å²) in [5.41, 5.74) is 0.932. The highest BCUT2D eigenvalue weighted by molar-refractivity contribution is 7.09. The second-order valence-corrected chi connectivity index (χ2v) is 5.07. The van der Waals surface area contributed by atoms with Crippen LogP contribution in [0.15, 0.2) is 5.38 Å². The molecule has 0 spiro atoms. The molecular weight excluding hydrogens is 194 g/mol. The van der Waals surface area contributed by atoms with Gasteiger partial charge in [-0.05, 0) is 19.3 Å². The minimum Gasteiger partial charge on any atom is -0.299 e. The van der Waals surface area contributed by atoms with Crippen molar-refractivity contribution in [1.29, 1.82) is 0 Å². The van der Waals surface area contributed by atoms with E-state index in [1.807, 2.05) is 12.3 Å². The Kier molecular flexibility index (Phi) is 4.26. The lowest BCUT2D eigenvalue weighted by Gasteiger charge is -2.02. The highest BCUT2D eigenvalue weighted by Gasteiger charge is 2.07. The lowest BCUT2D eigenvalue weighted by atomic mass is 10.0. The number of hydrogen-bond donors (Lipinski definition) is 0.